The molecule has 0 aliphatic carbocycles. The number of nitrogens with zero attached hydrogens (tertiary/aromatic N) is 2. The number of ether oxygens (including phenoxy) is 2. The summed E-state index contributed by atoms with van der Waals surface area (Å²) in [4.78, 5) is 23.3. The molecular formula is C18H16N2O6. The smallest absolute Gasteiger partial charge is 0.344 e. The van der Waals surface area contributed by atoms with E-state index in [0.717, 1.165) is 0 Å². The minimum absolute atomic E-state index is 0.0458. The van der Waals surface area contributed by atoms with Crippen LogP contribution in [-0.4, -0.2) is 28.6 Å². The highest BCUT2D eigenvalue weighted by atomic mass is 16.6. The van der Waals surface area contributed by atoms with Gasteiger partial charge < -0.3 is 18.3 Å². The van der Waals surface area contributed by atoms with E-state index < -0.39 is 5.97 Å². The number of esters is 1. The van der Waals surface area contributed by atoms with Gasteiger partial charge in [-0.2, -0.15) is 0 Å². The summed E-state index contributed by atoms with van der Waals surface area (Å²) in [5.74, 6) is 0.711. The topological polar surface area (TPSA) is 105 Å². The summed E-state index contributed by atoms with van der Waals surface area (Å²) in [6, 6.07) is 9.94. The Balaban J connectivity index is 1.45. The lowest BCUT2D eigenvalue weighted by atomic mass is 10.1. The highest BCUT2D eigenvalue weighted by Crippen LogP contribution is 2.18. The van der Waals surface area contributed by atoms with Crippen LogP contribution in [0.2, 0.25) is 0 Å². The molecule has 0 N–H and O–H groups in total. The van der Waals surface area contributed by atoms with Gasteiger partial charge in [0.25, 0.3) is 11.8 Å². The van der Waals surface area contributed by atoms with Crippen LogP contribution in [0, 0.1) is 0 Å². The zero-order valence-corrected chi connectivity index (χ0v) is 14.0. The zero-order chi connectivity index (χ0) is 18.4. The van der Waals surface area contributed by atoms with Gasteiger partial charge in [0, 0.05) is 12.0 Å². The van der Waals surface area contributed by atoms with Crippen molar-refractivity contribution in [2.45, 2.75) is 20.0 Å². The Labute approximate surface area is 148 Å². The first-order chi connectivity index (χ1) is 12.7. The molecule has 0 aliphatic rings. The minimum atomic E-state index is -0.587. The van der Waals surface area contributed by atoms with Crippen LogP contribution in [0.5, 0.6) is 5.75 Å². The second kappa shape index (κ2) is 8.11. The van der Waals surface area contributed by atoms with Gasteiger partial charge in [-0.25, -0.2) is 4.79 Å². The van der Waals surface area contributed by atoms with Crippen molar-refractivity contribution in [2.24, 2.45) is 0 Å². The monoisotopic (exact) mass is 356 g/mol. The van der Waals surface area contributed by atoms with E-state index in [1.165, 1.54) is 6.26 Å². The van der Waals surface area contributed by atoms with Crippen molar-refractivity contribution in [3.63, 3.8) is 0 Å². The molecule has 3 aromatic rings. The Morgan fingerprint density at radius 3 is 2.62 bits per heavy atom. The first kappa shape index (κ1) is 17.4. The van der Waals surface area contributed by atoms with Crippen molar-refractivity contribution in [2.75, 3.05) is 6.61 Å². The molecule has 0 saturated carbocycles. The van der Waals surface area contributed by atoms with Crippen molar-refractivity contribution >= 4 is 11.8 Å². The second-order valence-corrected chi connectivity index (χ2v) is 5.23. The number of ketones is 1. The number of carbonyl (C=O) groups excluding carboxylic acids is 2. The largest absolute Gasteiger partial charge is 0.482 e. The van der Waals surface area contributed by atoms with E-state index in [4.69, 9.17) is 18.3 Å². The zero-order valence-electron chi connectivity index (χ0n) is 14.0. The number of hydrogen-bond donors (Lipinski definition) is 0. The van der Waals surface area contributed by atoms with E-state index >= 15 is 0 Å². The van der Waals surface area contributed by atoms with Gasteiger partial charge in [-0.3, -0.25) is 4.79 Å². The van der Waals surface area contributed by atoms with Crippen molar-refractivity contribution in [1.82, 2.24) is 10.2 Å². The van der Waals surface area contributed by atoms with Crippen LogP contribution in [0.1, 0.15) is 29.6 Å². The van der Waals surface area contributed by atoms with E-state index in [9.17, 15) is 9.59 Å². The molecule has 3 rings (SSSR count). The van der Waals surface area contributed by atoms with Crippen molar-refractivity contribution in [3.8, 4) is 17.4 Å². The van der Waals surface area contributed by atoms with Crippen LogP contribution < -0.4 is 4.74 Å². The molecule has 0 spiro atoms. The summed E-state index contributed by atoms with van der Waals surface area (Å²) in [6.45, 7) is 1.35. The summed E-state index contributed by atoms with van der Waals surface area (Å²) >= 11 is 0. The average molecular weight is 356 g/mol. The lowest BCUT2D eigenvalue weighted by Gasteiger charge is -2.06. The number of Topliss-reactive ketones (excluding diaryl/α,β-unsaturated/α-hetero) is 1. The Morgan fingerprint density at radius 1 is 1.12 bits per heavy atom. The van der Waals surface area contributed by atoms with Crippen molar-refractivity contribution in [3.05, 3.63) is 54.1 Å². The molecule has 134 valence electrons. The number of rotatable bonds is 8. The van der Waals surface area contributed by atoms with E-state index in [0.29, 0.717) is 23.5 Å². The highest BCUT2D eigenvalue weighted by Gasteiger charge is 2.13. The van der Waals surface area contributed by atoms with Gasteiger partial charge in [0.15, 0.2) is 24.8 Å². The Kier molecular flexibility index (Phi) is 5.43. The maximum absolute atomic E-state index is 11.7. The number of carbonyl (C=O) groups is 2. The van der Waals surface area contributed by atoms with Crippen molar-refractivity contribution < 1.29 is 27.9 Å². The molecule has 0 bridgehead atoms. The van der Waals surface area contributed by atoms with Gasteiger partial charge in [0.05, 0.1) is 6.26 Å². The van der Waals surface area contributed by atoms with Gasteiger partial charge >= 0.3 is 5.97 Å². The molecule has 8 nitrogen and oxygen atoms in total. The third-order valence-electron chi connectivity index (χ3n) is 3.41. The van der Waals surface area contributed by atoms with Crippen LogP contribution in [0.3, 0.4) is 0 Å². The predicted molar refractivity (Wildman–Crippen MR) is 88.4 cm³/mol. The van der Waals surface area contributed by atoms with Crippen LogP contribution >= 0.6 is 0 Å². The van der Waals surface area contributed by atoms with Gasteiger partial charge in [-0.1, -0.05) is 6.92 Å². The first-order valence-corrected chi connectivity index (χ1v) is 7.93. The Morgan fingerprint density at radius 2 is 1.92 bits per heavy atom. The maximum Gasteiger partial charge on any atom is 0.344 e. The number of hydrogen-bond acceptors (Lipinski definition) is 8. The second-order valence-electron chi connectivity index (χ2n) is 5.23. The molecule has 0 aliphatic heterocycles. The molecule has 0 saturated heterocycles. The number of furan rings is 1. The summed E-state index contributed by atoms with van der Waals surface area (Å²) in [5.41, 5.74) is 0.603. The molecule has 2 heterocycles. The predicted octanol–water partition coefficient (Wildman–Crippen LogP) is 3.04. The summed E-state index contributed by atoms with van der Waals surface area (Å²) < 4.78 is 20.8. The summed E-state index contributed by atoms with van der Waals surface area (Å²) in [7, 11) is 0. The lowest BCUT2D eigenvalue weighted by molar-refractivity contribution is -0.148. The standard InChI is InChI=1S/C18H16N2O6/c1-2-14(21)12-5-7-13(8-6-12)24-11-17(22)25-10-16-19-20-18(26-16)15-4-3-9-23-15/h3-9H,2,10-11H2,1H3. The highest BCUT2D eigenvalue weighted by molar-refractivity contribution is 5.95. The molecule has 0 atom stereocenters. The van der Waals surface area contributed by atoms with Gasteiger partial charge in [-0.05, 0) is 36.4 Å². The lowest BCUT2D eigenvalue weighted by Crippen LogP contribution is -2.14. The fourth-order valence-corrected chi connectivity index (χ4v) is 2.08. The van der Waals surface area contributed by atoms with E-state index in [1.807, 2.05) is 0 Å². The first-order valence-electron chi connectivity index (χ1n) is 7.93. The van der Waals surface area contributed by atoms with Crippen molar-refractivity contribution in [1.29, 1.82) is 0 Å². The molecule has 2 aromatic heterocycles. The fourth-order valence-electron chi connectivity index (χ4n) is 2.08. The number of benzene rings is 1. The third kappa shape index (κ3) is 4.35. The Hall–Kier alpha value is -3.42. The maximum atomic E-state index is 11.7. The quantitative estimate of drug-likeness (QED) is 0.448. The molecule has 1 aromatic carbocycles. The minimum Gasteiger partial charge on any atom is -0.482 e. The average Bonchev–Trinajstić information content (AvgIpc) is 3.36. The van der Waals surface area contributed by atoms with Crippen LogP contribution in [-0.2, 0) is 16.1 Å². The molecule has 0 unspecified atom stereocenters. The van der Waals surface area contributed by atoms with Crippen LogP contribution in [0.25, 0.3) is 11.7 Å². The summed E-state index contributed by atoms with van der Waals surface area (Å²) in [5, 5.41) is 7.57. The normalized spacial score (nSPS) is 10.5. The molecular weight excluding hydrogens is 340 g/mol. The van der Waals surface area contributed by atoms with Gasteiger partial charge in [0.1, 0.15) is 5.75 Å². The molecule has 26 heavy (non-hydrogen) atoms. The Bertz CT molecular complexity index is 867. The molecule has 0 fully saturated rings. The van der Waals surface area contributed by atoms with Crippen LogP contribution in [0.15, 0.2) is 51.5 Å². The molecule has 0 radical (unpaired) electrons. The third-order valence-corrected chi connectivity index (χ3v) is 3.41. The van der Waals surface area contributed by atoms with Crippen LogP contribution in [0.4, 0.5) is 0 Å². The SMILES string of the molecule is CCC(=O)c1ccc(OCC(=O)OCc2nnc(-c3ccco3)o2)cc1. The number of aromatic nitrogens is 2. The van der Waals surface area contributed by atoms with Gasteiger partial charge in [-0.15, -0.1) is 10.2 Å². The van der Waals surface area contributed by atoms with E-state index in [2.05, 4.69) is 10.2 Å². The molecule has 8 heteroatoms. The molecule has 0 amide bonds. The van der Waals surface area contributed by atoms with Gasteiger partial charge in [0.2, 0.25) is 0 Å². The van der Waals surface area contributed by atoms with E-state index in [1.54, 1.807) is 43.3 Å². The van der Waals surface area contributed by atoms with E-state index in [-0.39, 0.29) is 30.8 Å². The fraction of sp³-hybridized carbons (Fsp3) is 0.222. The summed E-state index contributed by atoms with van der Waals surface area (Å²) in [6.07, 6.45) is 1.92.